The number of hydrogen-bond acceptors (Lipinski definition) is 11. The van der Waals surface area contributed by atoms with Crippen LogP contribution in [0.15, 0.2) is 11.6 Å². The molecule has 0 aromatic rings. The number of rotatable bonds is 8. The zero-order valence-corrected chi connectivity index (χ0v) is 35.8. The third-order valence-electron chi connectivity index (χ3n) is 16.6. The van der Waals surface area contributed by atoms with Crippen molar-refractivity contribution in [1.82, 2.24) is 0 Å². The Bertz CT molecular complexity index is 1630. The maximum absolute atomic E-state index is 13.2. The molecule has 1 heterocycles. The Morgan fingerprint density at radius 3 is 2.02 bits per heavy atom. The van der Waals surface area contributed by atoms with Gasteiger partial charge in [0.1, 0.15) is 24.6 Å². The Kier molecular flexibility index (Phi) is 11.3. The normalized spacial score (nSPS) is 42.9. The Morgan fingerprint density at radius 2 is 1.39 bits per heavy atom. The second kappa shape index (κ2) is 14.8. The van der Waals surface area contributed by atoms with Gasteiger partial charge in [-0.3, -0.25) is 24.0 Å². The van der Waals surface area contributed by atoms with E-state index in [1.165, 1.54) is 33.3 Å². The Hall–Kier alpha value is -2.79. The number of ether oxygens (including phenoxy) is 5. The fourth-order valence-electron chi connectivity index (χ4n) is 13.6. The van der Waals surface area contributed by atoms with Crippen LogP contribution in [0.2, 0.25) is 0 Å². The maximum atomic E-state index is 13.2. The van der Waals surface area contributed by atoms with Gasteiger partial charge in [0.2, 0.25) is 0 Å². The van der Waals surface area contributed by atoms with Crippen LogP contribution in [0.25, 0.3) is 0 Å². The molecule has 6 unspecified atom stereocenters. The molecule has 0 aromatic carbocycles. The van der Waals surface area contributed by atoms with E-state index in [9.17, 15) is 29.1 Å². The summed E-state index contributed by atoms with van der Waals surface area (Å²) in [6, 6.07) is 0. The average molecular weight is 785 g/mol. The van der Waals surface area contributed by atoms with Crippen LogP contribution in [0.3, 0.4) is 0 Å². The van der Waals surface area contributed by atoms with Crippen LogP contribution in [-0.4, -0.2) is 78.0 Å². The van der Waals surface area contributed by atoms with Crippen LogP contribution >= 0.6 is 0 Å². The molecular weight excluding hydrogens is 716 g/mol. The number of esters is 4. The molecule has 5 fully saturated rings. The van der Waals surface area contributed by atoms with Crippen LogP contribution in [0.5, 0.6) is 0 Å². The summed E-state index contributed by atoms with van der Waals surface area (Å²) in [5.74, 6) is -1.24. The third kappa shape index (κ3) is 7.17. The van der Waals surface area contributed by atoms with Gasteiger partial charge in [-0.05, 0) is 109 Å². The number of Topliss-reactive ketones (excluding diaryl/α,β-unsaturated/α-hetero) is 1. The molecule has 1 aliphatic heterocycles. The first-order chi connectivity index (χ1) is 25.9. The number of allylic oxidation sites excluding steroid dienone is 2. The molecule has 5 aliphatic carbocycles. The quantitative estimate of drug-likeness (QED) is 0.151. The van der Waals surface area contributed by atoms with Crippen LogP contribution < -0.4 is 0 Å². The van der Waals surface area contributed by atoms with Gasteiger partial charge in [-0.2, -0.15) is 0 Å². The number of carbonyl (C=O) groups excluding carboxylic acids is 5. The molecule has 6 rings (SSSR count). The van der Waals surface area contributed by atoms with E-state index in [1.54, 1.807) is 0 Å². The first-order valence-electron chi connectivity index (χ1n) is 21.1. The SMILES string of the molecule is CC(=O)OCC1O[C@@H]([C@H](O)C[C@]23CCC(C)(C)CC2C2=CCC4[C@@]5(C)CCC(=O)C(C)(C)C5CC[C@@]4(C)[C@]2(C)CC3)C(OC(C)=O)C(OC(C)=O)[C@H]1OC(C)=O. The molecule has 0 amide bonds. The molecule has 1 N–H and O–H groups in total. The predicted octanol–water partition coefficient (Wildman–Crippen LogP) is 7.23. The van der Waals surface area contributed by atoms with Gasteiger partial charge in [0, 0.05) is 39.5 Å². The molecule has 0 aromatic heterocycles. The van der Waals surface area contributed by atoms with Gasteiger partial charge in [-0.1, -0.05) is 60.1 Å². The zero-order chi connectivity index (χ0) is 41.4. The fourth-order valence-corrected chi connectivity index (χ4v) is 13.6. The highest BCUT2D eigenvalue weighted by Crippen LogP contribution is 2.76. The molecule has 0 spiro atoms. The third-order valence-corrected chi connectivity index (χ3v) is 16.6. The van der Waals surface area contributed by atoms with E-state index in [1.807, 2.05) is 0 Å². The van der Waals surface area contributed by atoms with Gasteiger partial charge in [0.25, 0.3) is 0 Å². The van der Waals surface area contributed by atoms with Gasteiger partial charge < -0.3 is 28.8 Å². The molecule has 314 valence electrons. The summed E-state index contributed by atoms with van der Waals surface area (Å²) in [5, 5.41) is 12.5. The van der Waals surface area contributed by atoms with E-state index in [0.717, 1.165) is 57.8 Å². The summed E-state index contributed by atoms with van der Waals surface area (Å²) < 4.78 is 28.9. The minimum absolute atomic E-state index is 0.0466. The molecule has 0 radical (unpaired) electrons. The summed E-state index contributed by atoms with van der Waals surface area (Å²) in [6.07, 6.45) is 5.01. The van der Waals surface area contributed by atoms with Gasteiger partial charge in [-0.15, -0.1) is 0 Å². The van der Waals surface area contributed by atoms with Crippen molar-refractivity contribution in [2.24, 2.45) is 50.2 Å². The van der Waals surface area contributed by atoms with Crippen LogP contribution in [0, 0.1) is 50.2 Å². The molecule has 11 nitrogen and oxygen atoms in total. The lowest BCUT2D eigenvalue weighted by Gasteiger charge is -2.71. The first kappa shape index (κ1) is 42.8. The van der Waals surface area contributed by atoms with E-state index in [2.05, 4.69) is 54.5 Å². The Balaban J connectivity index is 1.37. The molecular formula is C45H68O11. The predicted molar refractivity (Wildman–Crippen MR) is 207 cm³/mol. The van der Waals surface area contributed by atoms with Gasteiger partial charge in [0.15, 0.2) is 18.3 Å². The summed E-state index contributed by atoms with van der Waals surface area (Å²) in [7, 11) is 0. The van der Waals surface area contributed by atoms with Gasteiger partial charge >= 0.3 is 23.9 Å². The summed E-state index contributed by atoms with van der Waals surface area (Å²) in [4.78, 5) is 62.6. The Labute approximate surface area is 333 Å². The van der Waals surface area contributed by atoms with E-state index in [4.69, 9.17) is 23.7 Å². The van der Waals surface area contributed by atoms with Crippen LogP contribution in [0.1, 0.15) is 147 Å². The van der Waals surface area contributed by atoms with Crippen molar-refractivity contribution in [2.75, 3.05) is 6.61 Å². The van der Waals surface area contributed by atoms with Crippen molar-refractivity contribution in [2.45, 2.75) is 183 Å². The molecule has 1 saturated heterocycles. The number of hydrogen-bond donors (Lipinski definition) is 1. The molecule has 0 bridgehead atoms. The topological polar surface area (TPSA) is 152 Å². The lowest BCUT2D eigenvalue weighted by Crippen LogP contribution is -2.66. The number of aliphatic hydroxyl groups excluding tert-OH is 1. The van der Waals surface area contributed by atoms with Crippen molar-refractivity contribution in [3.63, 3.8) is 0 Å². The molecule has 4 saturated carbocycles. The van der Waals surface area contributed by atoms with E-state index in [0.29, 0.717) is 30.5 Å². The highest BCUT2D eigenvalue weighted by atomic mass is 16.7. The monoisotopic (exact) mass is 784 g/mol. The van der Waals surface area contributed by atoms with Crippen molar-refractivity contribution in [3.8, 4) is 0 Å². The first-order valence-corrected chi connectivity index (χ1v) is 21.1. The maximum Gasteiger partial charge on any atom is 0.303 e. The van der Waals surface area contributed by atoms with Crippen LogP contribution in [0.4, 0.5) is 0 Å². The van der Waals surface area contributed by atoms with Crippen molar-refractivity contribution < 1.29 is 52.8 Å². The number of fused-ring (bicyclic) bond motifs is 7. The summed E-state index contributed by atoms with van der Waals surface area (Å²) >= 11 is 0. The van der Waals surface area contributed by atoms with E-state index in [-0.39, 0.29) is 45.0 Å². The van der Waals surface area contributed by atoms with Crippen molar-refractivity contribution in [3.05, 3.63) is 11.6 Å². The second-order valence-corrected chi connectivity index (χ2v) is 20.7. The Morgan fingerprint density at radius 1 is 0.786 bits per heavy atom. The molecule has 11 heteroatoms. The smallest absolute Gasteiger partial charge is 0.303 e. The molecule has 56 heavy (non-hydrogen) atoms. The second-order valence-electron chi connectivity index (χ2n) is 20.7. The number of ketones is 1. The molecule has 6 aliphatic rings. The van der Waals surface area contributed by atoms with E-state index >= 15 is 0 Å². The minimum atomic E-state index is -1.32. The molecule has 13 atom stereocenters. The highest BCUT2D eigenvalue weighted by molar-refractivity contribution is 5.85. The highest BCUT2D eigenvalue weighted by Gasteiger charge is 2.69. The lowest BCUT2D eigenvalue weighted by molar-refractivity contribution is -0.269. The minimum Gasteiger partial charge on any atom is -0.463 e. The number of carbonyl (C=O) groups is 5. The zero-order valence-electron chi connectivity index (χ0n) is 35.8. The lowest BCUT2D eigenvalue weighted by atomic mass is 9.33. The largest absolute Gasteiger partial charge is 0.463 e. The standard InChI is InChI=1S/C45H68O11/c1-25(46)52-24-32-37(53-26(2)47)39(55-28(4)49)38(54-27(3)48)36(56-32)31(50)23-45-20-18-40(5,6)22-30(45)29-12-13-34-42(9)16-15-35(51)41(7,8)33(42)14-17-44(34,11)43(29,10)19-21-45/h12,30-34,36-39,50H,13-24H2,1-11H3/t30?,31-,32?,33?,34?,36+,37+,38?,39?,42+,43-,44-,45-/m1/s1. The van der Waals surface area contributed by atoms with Gasteiger partial charge in [0.05, 0.1) is 6.10 Å². The van der Waals surface area contributed by atoms with E-state index < -0.39 is 60.5 Å². The van der Waals surface area contributed by atoms with Crippen molar-refractivity contribution in [1.29, 1.82) is 0 Å². The summed E-state index contributed by atoms with van der Waals surface area (Å²) in [5.41, 5.74) is 1.05. The van der Waals surface area contributed by atoms with Crippen molar-refractivity contribution >= 4 is 29.7 Å². The fraction of sp³-hybridized carbons (Fsp3) is 0.844. The summed E-state index contributed by atoms with van der Waals surface area (Å²) in [6.45, 7) is 21.1. The van der Waals surface area contributed by atoms with Crippen LogP contribution in [-0.2, 0) is 47.7 Å². The number of aliphatic hydroxyl groups is 1. The average Bonchev–Trinajstić information content (AvgIpc) is 3.07. The van der Waals surface area contributed by atoms with Gasteiger partial charge in [-0.25, -0.2) is 0 Å².